The van der Waals surface area contributed by atoms with Gasteiger partial charge in [-0.25, -0.2) is 4.39 Å². The molecule has 1 unspecified atom stereocenters. The monoisotopic (exact) mass is 234 g/mol. The first-order valence-electron chi connectivity index (χ1n) is 4.97. The van der Waals surface area contributed by atoms with Crippen LogP contribution in [0.1, 0.15) is 5.56 Å². The van der Waals surface area contributed by atoms with Crippen LogP contribution < -0.4 is 11.1 Å². The molecule has 0 saturated heterocycles. The van der Waals surface area contributed by atoms with Gasteiger partial charge in [-0.05, 0) is 17.7 Å². The summed E-state index contributed by atoms with van der Waals surface area (Å²) in [6.07, 6.45) is -1.03. The second-order valence-corrected chi connectivity index (χ2v) is 3.64. The molecule has 0 spiro atoms. The molecule has 0 bridgehead atoms. The molecule has 1 atom stereocenters. The van der Waals surface area contributed by atoms with E-state index in [1.165, 1.54) is 17.0 Å². The number of nitriles is 1. The summed E-state index contributed by atoms with van der Waals surface area (Å²) in [6.45, 7) is 0.297. The Bertz CT molecular complexity index is 491. The zero-order valence-electron chi connectivity index (χ0n) is 8.89. The number of benzene rings is 1. The van der Waals surface area contributed by atoms with E-state index in [0.717, 1.165) is 5.56 Å². The van der Waals surface area contributed by atoms with Crippen LogP contribution in [0, 0.1) is 17.1 Å². The van der Waals surface area contributed by atoms with Crippen LogP contribution >= 0.6 is 0 Å². The molecule has 1 aliphatic rings. The fourth-order valence-electron chi connectivity index (χ4n) is 1.60. The number of nitrogens with zero attached hydrogens (tertiary/aromatic N) is 2. The van der Waals surface area contributed by atoms with Gasteiger partial charge in [-0.1, -0.05) is 12.1 Å². The third-order valence-electron chi connectivity index (χ3n) is 2.51. The highest BCUT2D eigenvalue weighted by atomic mass is 19.1. The van der Waals surface area contributed by atoms with Gasteiger partial charge in [0.05, 0.1) is 0 Å². The molecule has 4 N–H and O–H groups in total. The van der Waals surface area contributed by atoms with Crippen molar-refractivity contribution < 1.29 is 9.50 Å². The zero-order chi connectivity index (χ0) is 12.4. The molecule has 1 heterocycles. The van der Waals surface area contributed by atoms with Crippen LogP contribution in [0.5, 0.6) is 0 Å². The number of allylic oxidation sites excluding steroid dienone is 1. The lowest BCUT2D eigenvalue weighted by atomic mass is 10.2. The van der Waals surface area contributed by atoms with Crippen LogP contribution in [0.4, 0.5) is 4.39 Å². The summed E-state index contributed by atoms with van der Waals surface area (Å²) in [4.78, 5) is 1.42. The van der Waals surface area contributed by atoms with Gasteiger partial charge in [-0.2, -0.15) is 5.26 Å². The van der Waals surface area contributed by atoms with Gasteiger partial charge in [0.2, 0.25) is 6.35 Å². The number of hydrogen-bond acceptors (Lipinski definition) is 5. The Morgan fingerprint density at radius 3 is 2.65 bits per heavy atom. The predicted octanol–water partition coefficient (Wildman–Crippen LogP) is 0.158. The highest BCUT2D eigenvalue weighted by Gasteiger charge is 2.27. The molecule has 1 aliphatic heterocycles. The maximum absolute atomic E-state index is 12.7. The van der Waals surface area contributed by atoms with Crippen LogP contribution in [-0.2, 0) is 6.54 Å². The van der Waals surface area contributed by atoms with Gasteiger partial charge in [0.25, 0.3) is 0 Å². The van der Waals surface area contributed by atoms with E-state index in [0.29, 0.717) is 6.54 Å². The van der Waals surface area contributed by atoms with Crippen molar-refractivity contribution in [2.75, 3.05) is 0 Å². The van der Waals surface area contributed by atoms with E-state index in [9.17, 15) is 9.50 Å². The minimum absolute atomic E-state index is 0.139. The Labute approximate surface area is 97.6 Å². The van der Waals surface area contributed by atoms with Crippen molar-refractivity contribution in [2.45, 2.75) is 12.9 Å². The van der Waals surface area contributed by atoms with Crippen molar-refractivity contribution in [3.8, 4) is 6.07 Å². The van der Waals surface area contributed by atoms with E-state index in [-0.39, 0.29) is 17.3 Å². The van der Waals surface area contributed by atoms with Gasteiger partial charge in [0.1, 0.15) is 17.7 Å². The quantitative estimate of drug-likeness (QED) is 0.678. The first kappa shape index (κ1) is 11.2. The number of rotatable bonds is 2. The molecule has 1 aromatic carbocycles. The van der Waals surface area contributed by atoms with Crippen molar-refractivity contribution in [3.05, 3.63) is 47.2 Å². The summed E-state index contributed by atoms with van der Waals surface area (Å²) < 4.78 is 12.7. The number of nitrogens with two attached hydrogens (primary N) is 1. The second kappa shape index (κ2) is 4.31. The van der Waals surface area contributed by atoms with Crippen molar-refractivity contribution in [1.82, 2.24) is 10.2 Å². The summed E-state index contributed by atoms with van der Waals surface area (Å²) >= 11 is 0. The highest BCUT2D eigenvalue weighted by Crippen LogP contribution is 2.17. The highest BCUT2D eigenvalue weighted by molar-refractivity contribution is 5.29. The van der Waals surface area contributed by atoms with Crippen molar-refractivity contribution in [1.29, 1.82) is 5.26 Å². The van der Waals surface area contributed by atoms with Crippen molar-refractivity contribution in [3.63, 3.8) is 0 Å². The van der Waals surface area contributed by atoms with Crippen molar-refractivity contribution >= 4 is 0 Å². The Morgan fingerprint density at radius 1 is 1.47 bits per heavy atom. The molecule has 0 fully saturated rings. The number of aliphatic hydroxyl groups excluding tert-OH is 1. The van der Waals surface area contributed by atoms with Gasteiger partial charge in [0.15, 0.2) is 5.70 Å². The smallest absolute Gasteiger partial charge is 0.207 e. The van der Waals surface area contributed by atoms with E-state index < -0.39 is 6.35 Å². The normalized spacial score (nSPS) is 19.1. The Morgan fingerprint density at radius 2 is 2.12 bits per heavy atom. The van der Waals surface area contributed by atoms with E-state index in [4.69, 9.17) is 11.0 Å². The molecular formula is C11H11FN4O. The summed E-state index contributed by atoms with van der Waals surface area (Å²) in [5, 5.41) is 20.9. The van der Waals surface area contributed by atoms with Gasteiger partial charge < -0.3 is 21.1 Å². The van der Waals surface area contributed by atoms with E-state index in [1.807, 2.05) is 6.07 Å². The minimum Gasteiger partial charge on any atom is -0.383 e. The lowest BCUT2D eigenvalue weighted by Gasteiger charge is -2.22. The van der Waals surface area contributed by atoms with Crippen LogP contribution in [-0.4, -0.2) is 16.4 Å². The molecule has 17 heavy (non-hydrogen) atoms. The predicted molar refractivity (Wildman–Crippen MR) is 57.9 cm³/mol. The largest absolute Gasteiger partial charge is 0.383 e. The molecule has 88 valence electrons. The van der Waals surface area contributed by atoms with E-state index in [1.54, 1.807) is 12.1 Å². The van der Waals surface area contributed by atoms with E-state index >= 15 is 0 Å². The fraction of sp³-hybridized carbons (Fsp3) is 0.182. The summed E-state index contributed by atoms with van der Waals surface area (Å²) in [5.41, 5.74) is 6.61. The maximum Gasteiger partial charge on any atom is 0.207 e. The van der Waals surface area contributed by atoms with Crippen molar-refractivity contribution in [2.24, 2.45) is 5.73 Å². The molecule has 0 radical (unpaired) electrons. The lowest BCUT2D eigenvalue weighted by molar-refractivity contribution is 0.0219. The molecule has 1 aromatic rings. The van der Waals surface area contributed by atoms with Crippen LogP contribution in [0.25, 0.3) is 0 Å². The Hall–Kier alpha value is -2.26. The summed E-state index contributed by atoms with van der Waals surface area (Å²) in [6, 6.07) is 7.70. The first-order chi connectivity index (χ1) is 8.11. The molecular weight excluding hydrogens is 223 g/mol. The molecule has 6 heteroatoms. The molecule has 0 amide bonds. The fourth-order valence-corrected chi connectivity index (χ4v) is 1.60. The van der Waals surface area contributed by atoms with Crippen LogP contribution in [0.2, 0.25) is 0 Å². The number of nitrogens with one attached hydrogen (secondary N) is 1. The van der Waals surface area contributed by atoms with Crippen LogP contribution in [0.3, 0.4) is 0 Å². The summed E-state index contributed by atoms with van der Waals surface area (Å²) in [7, 11) is 0. The van der Waals surface area contributed by atoms with Gasteiger partial charge in [-0.15, -0.1) is 0 Å². The number of hydrogen-bond donors (Lipinski definition) is 3. The first-order valence-corrected chi connectivity index (χ1v) is 4.97. The Balaban J connectivity index is 2.17. The molecule has 0 aliphatic carbocycles. The second-order valence-electron chi connectivity index (χ2n) is 3.64. The average molecular weight is 234 g/mol. The van der Waals surface area contributed by atoms with E-state index in [2.05, 4.69) is 5.32 Å². The summed E-state index contributed by atoms with van der Waals surface area (Å²) in [5.74, 6) is -0.139. The molecule has 2 rings (SSSR count). The Kier molecular flexibility index (Phi) is 2.85. The SMILES string of the molecule is N#CC1=C(N)N(Cc2ccc(F)cc2)C(O)N1. The van der Waals surface area contributed by atoms with Gasteiger partial charge in [0, 0.05) is 6.54 Å². The minimum atomic E-state index is -1.03. The standard InChI is InChI=1S/C11H11FN4O/c12-8-3-1-7(2-4-8)6-16-10(14)9(5-13)15-11(16)17/h1-4,11,15,17H,6,14H2. The third-order valence-corrected chi connectivity index (χ3v) is 2.51. The number of halogens is 1. The number of aliphatic hydroxyl groups is 1. The average Bonchev–Trinajstić information content (AvgIpc) is 2.59. The molecule has 5 nitrogen and oxygen atoms in total. The molecule has 0 aromatic heterocycles. The van der Waals surface area contributed by atoms with Crippen LogP contribution in [0.15, 0.2) is 35.8 Å². The topological polar surface area (TPSA) is 85.3 Å². The van der Waals surface area contributed by atoms with Gasteiger partial charge in [-0.3, -0.25) is 0 Å². The van der Waals surface area contributed by atoms with Gasteiger partial charge >= 0.3 is 0 Å². The third kappa shape index (κ3) is 2.14. The zero-order valence-corrected chi connectivity index (χ0v) is 8.89. The lowest BCUT2D eigenvalue weighted by Crippen LogP contribution is -2.37. The maximum atomic E-state index is 12.7. The molecule has 0 saturated carbocycles.